The van der Waals surface area contributed by atoms with E-state index in [0.717, 1.165) is 22.5 Å². The topological polar surface area (TPSA) is 23.6 Å². The van der Waals surface area contributed by atoms with Crippen LogP contribution >= 0.6 is 0 Å². The van der Waals surface area contributed by atoms with E-state index in [1.165, 1.54) is 0 Å². The Labute approximate surface area is 153 Å². The molecular weight excluding hydrogens is 320 g/mol. The van der Waals surface area contributed by atoms with Crippen LogP contribution in [-0.2, 0) is 0 Å². The number of hydrogen-bond acceptors (Lipinski definition) is 3. The standard InChI is InChI=1S/C23H20N2O/c26-23(19-10-4-1-5-11-19)20-16-24(21-12-6-2-7-13-21)18-25(17-20)22-14-8-3-9-15-22/h1-16H,17-18H2. The van der Waals surface area contributed by atoms with Gasteiger partial charge in [0.05, 0.1) is 13.2 Å². The number of carbonyl (C=O) groups is 1. The fraction of sp³-hybridized carbons (Fsp3) is 0.0870. The van der Waals surface area contributed by atoms with E-state index >= 15 is 0 Å². The summed E-state index contributed by atoms with van der Waals surface area (Å²) >= 11 is 0. The lowest BCUT2D eigenvalue weighted by molar-refractivity contribution is 0.103. The van der Waals surface area contributed by atoms with Gasteiger partial charge in [-0.25, -0.2) is 0 Å². The number of carbonyl (C=O) groups excluding carboxylic acids is 1. The van der Waals surface area contributed by atoms with Gasteiger partial charge in [0.1, 0.15) is 0 Å². The van der Waals surface area contributed by atoms with Gasteiger partial charge in [0.2, 0.25) is 0 Å². The minimum atomic E-state index is 0.0761. The smallest absolute Gasteiger partial charge is 0.192 e. The van der Waals surface area contributed by atoms with E-state index < -0.39 is 0 Å². The van der Waals surface area contributed by atoms with Crippen LogP contribution in [0.4, 0.5) is 11.4 Å². The molecule has 3 nitrogen and oxygen atoms in total. The summed E-state index contributed by atoms with van der Waals surface area (Å²) in [5.41, 5.74) is 3.70. The molecule has 0 unspecified atom stereocenters. The fourth-order valence-corrected chi connectivity index (χ4v) is 3.20. The molecule has 0 N–H and O–H groups in total. The second kappa shape index (κ2) is 7.28. The van der Waals surface area contributed by atoms with Gasteiger partial charge in [-0.1, -0.05) is 66.7 Å². The summed E-state index contributed by atoms with van der Waals surface area (Å²) < 4.78 is 0. The van der Waals surface area contributed by atoms with Crippen LogP contribution in [0.5, 0.6) is 0 Å². The minimum Gasteiger partial charge on any atom is -0.349 e. The van der Waals surface area contributed by atoms with Crippen LogP contribution in [-0.4, -0.2) is 19.0 Å². The summed E-state index contributed by atoms with van der Waals surface area (Å²) in [6.45, 7) is 1.31. The highest BCUT2D eigenvalue weighted by Gasteiger charge is 2.23. The van der Waals surface area contributed by atoms with E-state index in [1.54, 1.807) is 0 Å². The van der Waals surface area contributed by atoms with Crippen molar-refractivity contribution in [1.29, 1.82) is 0 Å². The first-order valence-corrected chi connectivity index (χ1v) is 8.73. The van der Waals surface area contributed by atoms with Gasteiger partial charge >= 0.3 is 0 Å². The molecule has 0 fully saturated rings. The summed E-state index contributed by atoms with van der Waals surface area (Å²) in [5, 5.41) is 0. The molecule has 3 aromatic carbocycles. The predicted molar refractivity (Wildman–Crippen MR) is 106 cm³/mol. The Morgan fingerprint density at radius 1 is 0.692 bits per heavy atom. The first-order valence-electron chi connectivity index (χ1n) is 8.73. The molecular formula is C23H20N2O. The summed E-state index contributed by atoms with van der Waals surface area (Å²) in [5.74, 6) is 0.0761. The van der Waals surface area contributed by atoms with E-state index in [4.69, 9.17) is 0 Å². The van der Waals surface area contributed by atoms with Crippen molar-refractivity contribution in [2.75, 3.05) is 23.0 Å². The Kier molecular flexibility index (Phi) is 4.52. The van der Waals surface area contributed by atoms with Crippen LogP contribution in [0.15, 0.2) is 103 Å². The zero-order valence-corrected chi connectivity index (χ0v) is 14.5. The number of benzene rings is 3. The second-order valence-corrected chi connectivity index (χ2v) is 6.33. The van der Waals surface area contributed by atoms with E-state index in [-0.39, 0.29) is 5.78 Å². The Morgan fingerprint density at radius 3 is 1.85 bits per heavy atom. The SMILES string of the molecule is O=C(C1=CN(c2ccccc2)CN(c2ccccc2)C1)c1ccccc1. The lowest BCUT2D eigenvalue weighted by atomic mass is 10.0. The number of para-hydroxylation sites is 2. The van der Waals surface area contributed by atoms with Gasteiger partial charge in [0, 0.05) is 28.7 Å². The molecule has 0 saturated carbocycles. The maximum Gasteiger partial charge on any atom is 0.192 e. The molecule has 26 heavy (non-hydrogen) atoms. The first kappa shape index (κ1) is 16.2. The molecule has 0 saturated heterocycles. The Morgan fingerprint density at radius 2 is 1.23 bits per heavy atom. The largest absolute Gasteiger partial charge is 0.349 e. The molecule has 1 heterocycles. The summed E-state index contributed by atoms with van der Waals surface area (Å²) in [6, 6.07) is 29.9. The number of nitrogens with zero attached hydrogens (tertiary/aromatic N) is 2. The molecule has 3 heteroatoms. The van der Waals surface area contributed by atoms with Crippen molar-refractivity contribution in [1.82, 2.24) is 0 Å². The number of rotatable bonds is 4. The third-order valence-corrected chi connectivity index (χ3v) is 4.53. The zero-order valence-electron chi connectivity index (χ0n) is 14.5. The number of ketones is 1. The molecule has 1 aliphatic heterocycles. The van der Waals surface area contributed by atoms with E-state index in [1.807, 2.05) is 72.9 Å². The van der Waals surface area contributed by atoms with E-state index in [0.29, 0.717) is 13.2 Å². The zero-order chi connectivity index (χ0) is 17.8. The van der Waals surface area contributed by atoms with Crippen LogP contribution in [0.2, 0.25) is 0 Å². The van der Waals surface area contributed by atoms with Gasteiger partial charge in [-0.3, -0.25) is 4.79 Å². The average molecular weight is 340 g/mol. The molecule has 0 aliphatic carbocycles. The lowest BCUT2D eigenvalue weighted by Gasteiger charge is -2.36. The number of Topliss-reactive ketones (excluding diaryl/α,β-unsaturated/α-hetero) is 1. The molecule has 0 radical (unpaired) electrons. The first-order chi connectivity index (χ1) is 12.8. The third-order valence-electron chi connectivity index (χ3n) is 4.53. The van der Waals surface area contributed by atoms with Crippen molar-refractivity contribution in [2.24, 2.45) is 0 Å². The van der Waals surface area contributed by atoms with Crippen molar-refractivity contribution in [3.05, 3.63) is 108 Å². The molecule has 0 amide bonds. The maximum absolute atomic E-state index is 13.0. The average Bonchev–Trinajstić information content (AvgIpc) is 2.75. The van der Waals surface area contributed by atoms with Crippen LogP contribution < -0.4 is 9.80 Å². The van der Waals surface area contributed by atoms with Crippen molar-refractivity contribution >= 4 is 17.2 Å². The molecule has 0 spiro atoms. The predicted octanol–water partition coefficient (Wildman–Crippen LogP) is 4.74. The normalized spacial score (nSPS) is 14.1. The summed E-state index contributed by atoms with van der Waals surface area (Å²) in [6.07, 6.45) is 1.99. The van der Waals surface area contributed by atoms with Gasteiger partial charge in [-0.15, -0.1) is 0 Å². The highest BCUT2D eigenvalue weighted by Crippen LogP contribution is 2.25. The van der Waals surface area contributed by atoms with Crippen molar-refractivity contribution in [3.63, 3.8) is 0 Å². The molecule has 4 rings (SSSR count). The van der Waals surface area contributed by atoms with Crippen LogP contribution in [0.3, 0.4) is 0 Å². The quantitative estimate of drug-likeness (QED) is 0.641. The minimum absolute atomic E-state index is 0.0761. The highest BCUT2D eigenvalue weighted by atomic mass is 16.1. The van der Waals surface area contributed by atoms with E-state index in [2.05, 4.69) is 34.1 Å². The monoisotopic (exact) mass is 340 g/mol. The summed E-state index contributed by atoms with van der Waals surface area (Å²) in [4.78, 5) is 17.4. The van der Waals surface area contributed by atoms with Gasteiger partial charge in [-0.2, -0.15) is 0 Å². The molecule has 1 aliphatic rings. The van der Waals surface area contributed by atoms with Crippen molar-refractivity contribution < 1.29 is 4.79 Å². The molecule has 0 aromatic heterocycles. The number of hydrogen-bond donors (Lipinski definition) is 0. The van der Waals surface area contributed by atoms with Crippen molar-refractivity contribution in [3.8, 4) is 0 Å². The Bertz CT molecular complexity index is 905. The maximum atomic E-state index is 13.0. The van der Waals surface area contributed by atoms with Gasteiger partial charge in [0.25, 0.3) is 0 Å². The second-order valence-electron chi connectivity index (χ2n) is 6.33. The van der Waals surface area contributed by atoms with Gasteiger partial charge in [0.15, 0.2) is 5.78 Å². The Hall–Kier alpha value is -3.33. The molecule has 128 valence electrons. The van der Waals surface area contributed by atoms with Gasteiger partial charge < -0.3 is 9.80 Å². The Balaban J connectivity index is 1.71. The molecule has 0 bridgehead atoms. The van der Waals surface area contributed by atoms with Crippen LogP contribution in [0.1, 0.15) is 10.4 Å². The molecule has 0 atom stereocenters. The lowest BCUT2D eigenvalue weighted by Crippen LogP contribution is -2.42. The van der Waals surface area contributed by atoms with Crippen LogP contribution in [0.25, 0.3) is 0 Å². The van der Waals surface area contributed by atoms with Crippen LogP contribution in [0, 0.1) is 0 Å². The molecule has 3 aromatic rings. The number of anilines is 2. The van der Waals surface area contributed by atoms with Crippen molar-refractivity contribution in [2.45, 2.75) is 0 Å². The highest BCUT2D eigenvalue weighted by molar-refractivity contribution is 6.09. The summed E-state index contributed by atoms with van der Waals surface area (Å²) in [7, 11) is 0. The fourth-order valence-electron chi connectivity index (χ4n) is 3.20. The van der Waals surface area contributed by atoms with E-state index in [9.17, 15) is 4.79 Å². The third kappa shape index (κ3) is 3.38. The van der Waals surface area contributed by atoms with Gasteiger partial charge in [-0.05, 0) is 24.3 Å².